The molecule has 0 aliphatic carbocycles. The molecular weight excluding hydrogens is 134 g/mol. The maximum Gasteiger partial charge on any atom is 0.0196 e. The first-order valence-electron chi connectivity index (χ1n) is 4.68. The molecule has 0 radical (unpaired) electrons. The van der Waals surface area contributed by atoms with Gasteiger partial charge in [-0.15, -0.1) is 0 Å². The molecule has 0 bridgehead atoms. The molecule has 1 saturated heterocycles. The Balaban J connectivity index is 2.63. The molecular formula is C10H21N. The van der Waals surface area contributed by atoms with E-state index in [0.29, 0.717) is 11.1 Å². The molecule has 1 atom stereocenters. The van der Waals surface area contributed by atoms with Crippen LogP contribution in [-0.4, -0.2) is 22.5 Å². The summed E-state index contributed by atoms with van der Waals surface area (Å²) in [5.41, 5.74) is 0.862. The fraction of sp³-hybridized carbons (Fsp3) is 1.00. The van der Waals surface area contributed by atoms with Gasteiger partial charge in [0, 0.05) is 17.6 Å². The lowest BCUT2D eigenvalue weighted by atomic mass is 9.80. The van der Waals surface area contributed by atoms with Gasteiger partial charge in [0.2, 0.25) is 0 Å². The van der Waals surface area contributed by atoms with Gasteiger partial charge in [0.05, 0.1) is 0 Å². The summed E-state index contributed by atoms with van der Waals surface area (Å²) >= 11 is 0. The largest absolute Gasteiger partial charge is 0.293 e. The Kier molecular flexibility index (Phi) is 2.04. The van der Waals surface area contributed by atoms with Crippen molar-refractivity contribution in [1.29, 1.82) is 0 Å². The van der Waals surface area contributed by atoms with Crippen LogP contribution in [0, 0.1) is 0 Å². The van der Waals surface area contributed by atoms with Crippen LogP contribution in [0.15, 0.2) is 0 Å². The lowest BCUT2D eigenvalue weighted by Crippen LogP contribution is -2.64. The van der Waals surface area contributed by atoms with Gasteiger partial charge in [-0.1, -0.05) is 6.92 Å². The molecule has 0 aromatic rings. The molecule has 11 heavy (non-hydrogen) atoms. The molecule has 1 rings (SSSR count). The van der Waals surface area contributed by atoms with Crippen molar-refractivity contribution in [3.63, 3.8) is 0 Å². The Morgan fingerprint density at radius 2 is 1.91 bits per heavy atom. The summed E-state index contributed by atoms with van der Waals surface area (Å²) in [4.78, 5) is 2.61. The van der Waals surface area contributed by atoms with Crippen LogP contribution in [0.2, 0.25) is 0 Å². The van der Waals surface area contributed by atoms with E-state index in [4.69, 9.17) is 0 Å². The molecule has 0 aromatic carbocycles. The van der Waals surface area contributed by atoms with Gasteiger partial charge in [-0.2, -0.15) is 0 Å². The van der Waals surface area contributed by atoms with Crippen LogP contribution in [0.3, 0.4) is 0 Å². The number of hydrogen-bond donors (Lipinski definition) is 0. The van der Waals surface area contributed by atoms with Gasteiger partial charge < -0.3 is 0 Å². The molecule has 1 fully saturated rings. The van der Waals surface area contributed by atoms with Gasteiger partial charge in [0.1, 0.15) is 0 Å². The van der Waals surface area contributed by atoms with Gasteiger partial charge in [0.15, 0.2) is 0 Å². The lowest BCUT2D eigenvalue weighted by Gasteiger charge is -2.57. The topological polar surface area (TPSA) is 3.24 Å². The van der Waals surface area contributed by atoms with Crippen molar-refractivity contribution >= 4 is 0 Å². The Morgan fingerprint density at radius 1 is 1.36 bits per heavy atom. The normalized spacial score (nSPS) is 33.5. The second-order valence-electron chi connectivity index (χ2n) is 4.92. The quantitative estimate of drug-likeness (QED) is 0.562. The zero-order chi connectivity index (χ0) is 8.70. The molecule has 1 unspecified atom stereocenters. The maximum atomic E-state index is 2.61. The van der Waals surface area contributed by atoms with Crippen LogP contribution >= 0.6 is 0 Å². The molecule has 0 spiro atoms. The van der Waals surface area contributed by atoms with E-state index >= 15 is 0 Å². The second kappa shape index (κ2) is 2.48. The summed E-state index contributed by atoms with van der Waals surface area (Å²) in [6, 6.07) is 0. The molecule has 1 heteroatoms. The van der Waals surface area contributed by atoms with Gasteiger partial charge in [0.25, 0.3) is 0 Å². The van der Waals surface area contributed by atoms with Gasteiger partial charge in [-0.05, 0) is 40.5 Å². The third kappa shape index (κ3) is 1.44. The van der Waals surface area contributed by atoms with Gasteiger partial charge in [-0.25, -0.2) is 0 Å². The average Bonchev–Trinajstić information content (AvgIpc) is 1.80. The van der Waals surface area contributed by atoms with E-state index in [1.54, 1.807) is 0 Å². The summed E-state index contributed by atoms with van der Waals surface area (Å²) in [6.07, 6.45) is 2.66. The van der Waals surface area contributed by atoms with E-state index < -0.39 is 0 Å². The highest BCUT2D eigenvalue weighted by Crippen LogP contribution is 2.38. The predicted octanol–water partition coefficient (Wildman–Crippen LogP) is 2.66. The Bertz CT molecular complexity index is 141. The first-order chi connectivity index (χ1) is 4.90. The van der Waals surface area contributed by atoms with E-state index in [1.807, 2.05) is 0 Å². The van der Waals surface area contributed by atoms with E-state index in [-0.39, 0.29) is 0 Å². The van der Waals surface area contributed by atoms with Crippen LogP contribution in [0.25, 0.3) is 0 Å². The van der Waals surface area contributed by atoms with Crippen LogP contribution in [0.5, 0.6) is 0 Å². The molecule has 0 aromatic heterocycles. The Hall–Kier alpha value is -0.0400. The third-order valence-electron chi connectivity index (χ3n) is 3.10. The summed E-state index contributed by atoms with van der Waals surface area (Å²) in [6.45, 7) is 12.9. The van der Waals surface area contributed by atoms with Crippen molar-refractivity contribution in [1.82, 2.24) is 4.90 Å². The van der Waals surface area contributed by atoms with Crippen molar-refractivity contribution in [2.45, 2.75) is 58.5 Å². The van der Waals surface area contributed by atoms with E-state index in [0.717, 1.165) is 0 Å². The maximum absolute atomic E-state index is 2.61. The fourth-order valence-electron chi connectivity index (χ4n) is 2.12. The highest BCUT2D eigenvalue weighted by molar-refractivity contribution is 5.00. The van der Waals surface area contributed by atoms with Crippen molar-refractivity contribution in [2.24, 2.45) is 0 Å². The van der Waals surface area contributed by atoms with Gasteiger partial charge >= 0.3 is 0 Å². The van der Waals surface area contributed by atoms with Crippen molar-refractivity contribution in [3.8, 4) is 0 Å². The first-order valence-corrected chi connectivity index (χ1v) is 4.68. The predicted molar refractivity (Wildman–Crippen MR) is 49.8 cm³/mol. The van der Waals surface area contributed by atoms with Crippen LogP contribution in [-0.2, 0) is 0 Å². The summed E-state index contributed by atoms with van der Waals surface area (Å²) < 4.78 is 0. The van der Waals surface area contributed by atoms with Crippen molar-refractivity contribution in [2.75, 3.05) is 6.54 Å². The standard InChI is InChI=1S/C10H21N/c1-6-10(5)7-8-11(10)9(2,3)4/h6-8H2,1-5H3. The molecule has 1 aliphatic rings. The zero-order valence-electron chi connectivity index (χ0n) is 8.57. The molecule has 1 heterocycles. The van der Waals surface area contributed by atoms with E-state index in [2.05, 4.69) is 39.5 Å². The van der Waals surface area contributed by atoms with Gasteiger partial charge in [-0.3, -0.25) is 4.90 Å². The zero-order valence-corrected chi connectivity index (χ0v) is 8.57. The van der Waals surface area contributed by atoms with E-state index in [1.165, 1.54) is 19.4 Å². The molecule has 0 saturated carbocycles. The summed E-state index contributed by atoms with van der Waals surface area (Å²) in [5, 5.41) is 0. The van der Waals surface area contributed by atoms with Crippen molar-refractivity contribution < 1.29 is 0 Å². The number of nitrogens with zero attached hydrogens (tertiary/aromatic N) is 1. The highest BCUT2D eigenvalue weighted by Gasteiger charge is 2.44. The van der Waals surface area contributed by atoms with Crippen LogP contribution in [0.4, 0.5) is 0 Å². The summed E-state index contributed by atoms with van der Waals surface area (Å²) in [7, 11) is 0. The van der Waals surface area contributed by atoms with Crippen molar-refractivity contribution in [3.05, 3.63) is 0 Å². The van der Waals surface area contributed by atoms with Crippen LogP contribution < -0.4 is 0 Å². The lowest BCUT2D eigenvalue weighted by molar-refractivity contribution is -0.0709. The minimum absolute atomic E-state index is 0.364. The monoisotopic (exact) mass is 155 g/mol. The number of rotatable bonds is 1. The average molecular weight is 155 g/mol. The fourth-order valence-corrected chi connectivity index (χ4v) is 2.12. The minimum Gasteiger partial charge on any atom is -0.293 e. The smallest absolute Gasteiger partial charge is 0.0196 e. The number of hydrogen-bond acceptors (Lipinski definition) is 1. The molecule has 0 amide bonds. The number of likely N-dealkylation sites (tertiary alicyclic amines) is 1. The van der Waals surface area contributed by atoms with E-state index in [9.17, 15) is 0 Å². The Labute approximate surface area is 70.8 Å². The SMILES string of the molecule is CCC1(C)CCN1C(C)(C)C. The van der Waals surface area contributed by atoms with Crippen LogP contribution in [0.1, 0.15) is 47.5 Å². The molecule has 0 N–H and O–H groups in total. The summed E-state index contributed by atoms with van der Waals surface area (Å²) in [5.74, 6) is 0. The Morgan fingerprint density at radius 3 is 2.00 bits per heavy atom. The minimum atomic E-state index is 0.364. The second-order valence-corrected chi connectivity index (χ2v) is 4.92. The highest BCUT2D eigenvalue weighted by atomic mass is 15.3. The first kappa shape index (κ1) is 9.05. The third-order valence-corrected chi connectivity index (χ3v) is 3.10. The molecule has 1 aliphatic heterocycles. The molecule has 66 valence electrons. The molecule has 1 nitrogen and oxygen atoms in total.